The first-order valence-electron chi connectivity index (χ1n) is 13.6. The molecule has 4 rings (SSSR count). The van der Waals surface area contributed by atoms with Crippen LogP contribution in [0.1, 0.15) is 44.7 Å². The van der Waals surface area contributed by atoms with Gasteiger partial charge in [0.2, 0.25) is 5.91 Å². The largest absolute Gasteiger partial charge is 0.491 e. The van der Waals surface area contributed by atoms with Crippen LogP contribution < -0.4 is 20.9 Å². The molecule has 2 atom stereocenters. The van der Waals surface area contributed by atoms with Crippen LogP contribution in [-0.2, 0) is 32.2 Å². The maximum Gasteiger partial charge on any atom is 0.407 e. The van der Waals surface area contributed by atoms with E-state index < -0.39 is 29.6 Å². The van der Waals surface area contributed by atoms with E-state index >= 15 is 0 Å². The van der Waals surface area contributed by atoms with Crippen molar-refractivity contribution in [3.05, 3.63) is 65.7 Å². The highest BCUT2D eigenvalue weighted by molar-refractivity contribution is 5.90. The molecule has 41 heavy (non-hydrogen) atoms. The van der Waals surface area contributed by atoms with Gasteiger partial charge in [-0.2, -0.15) is 5.06 Å². The highest BCUT2D eigenvalue weighted by atomic mass is 16.7. The summed E-state index contributed by atoms with van der Waals surface area (Å²) in [6.07, 6.45) is 0.473. The molecule has 2 fully saturated rings. The highest BCUT2D eigenvalue weighted by Gasteiger charge is 2.48. The van der Waals surface area contributed by atoms with Crippen LogP contribution in [0.15, 0.2) is 54.6 Å². The van der Waals surface area contributed by atoms with E-state index in [0.29, 0.717) is 30.7 Å². The van der Waals surface area contributed by atoms with Gasteiger partial charge in [-0.15, -0.1) is 0 Å². The van der Waals surface area contributed by atoms with Crippen LogP contribution >= 0.6 is 0 Å². The third kappa shape index (κ3) is 8.34. The van der Waals surface area contributed by atoms with Crippen molar-refractivity contribution in [2.24, 2.45) is 0 Å². The Morgan fingerprint density at radius 3 is 2.46 bits per heavy atom. The van der Waals surface area contributed by atoms with Crippen LogP contribution in [0.5, 0.6) is 5.75 Å². The second kappa shape index (κ2) is 13.4. The molecule has 2 saturated heterocycles. The average Bonchev–Trinajstić information content (AvgIpc) is 3.17. The molecule has 12 nitrogen and oxygen atoms in total. The lowest BCUT2D eigenvalue weighted by molar-refractivity contribution is -0.140. The third-order valence-electron chi connectivity index (χ3n) is 6.52. The number of benzene rings is 2. The zero-order chi connectivity index (χ0) is 29.4. The molecule has 12 heteroatoms. The van der Waals surface area contributed by atoms with Gasteiger partial charge < -0.3 is 19.7 Å². The summed E-state index contributed by atoms with van der Waals surface area (Å²) >= 11 is 0. The number of alkyl carbamates (subject to hydrolysis) is 1. The van der Waals surface area contributed by atoms with E-state index in [1.165, 1.54) is 9.96 Å². The standard InChI is InChI=1S/C29H37N5O7/c1-29(2,3)41-27(37)30-15-16-39-24-12-8-7-11-21(24)17-25(35)31-32-26(36)23-14-13-22-18-33(23)28(38)34(22)40-19-20-9-5-4-6-10-20/h4-12,22-23H,13-19H2,1-3H3,(H,30,37)(H,31,35)(H,32,36)/t22-,23+/m1/s1. The number of hydrogen-bond donors (Lipinski definition) is 3. The zero-order valence-corrected chi connectivity index (χ0v) is 23.6. The van der Waals surface area contributed by atoms with Gasteiger partial charge in [0.05, 0.1) is 19.0 Å². The van der Waals surface area contributed by atoms with Gasteiger partial charge in [-0.3, -0.25) is 25.3 Å². The summed E-state index contributed by atoms with van der Waals surface area (Å²) < 4.78 is 10.9. The Balaban J connectivity index is 1.22. The number of urea groups is 1. The minimum absolute atomic E-state index is 0.0492. The molecule has 2 aliphatic rings. The first-order valence-corrected chi connectivity index (χ1v) is 13.6. The van der Waals surface area contributed by atoms with Gasteiger partial charge in [0.1, 0.15) is 30.6 Å². The lowest BCUT2D eigenvalue weighted by Crippen LogP contribution is -2.54. The molecular weight excluding hydrogens is 530 g/mol. The second-order valence-electron chi connectivity index (χ2n) is 10.9. The zero-order valence-electron chi connectivity index (χ0n) is 23.6. The third-order valence-corrected chi connectivity index (χ3v) is 6.52. The van der Waals surface area contributed by atoms with Crippen molar-refractivity contribution in [1.82, 2.24) is 26.1 Å². The molecule has 0 aromatic heterocycles. The molecule has 5 amide bonds. The van der Waals surface area contributed by atoms with Crippen LogP contribution in [-0.4, -0.2) is 71.3 Å². The summed E-state index contributed by atoms with van der Waals surface area (Å²) in [4.78, 5) is 57.6. The Hall–Kier alpha value is -4.32. The van der Waals surface area contributed by atoms with Gasteiger partial charge in [0.15, 0.2) is 0 Å². The van der Waals surface area contributed by atoms with Crippen LogP contribution in [0.4, 0.5) is 9.59 Å². The Bertz CT molecular complexity index is 1230. The topological polar surface area (TPSA) is 139 Å². The van der Waals surface area contributed by atoms with Crippen molar-refractivity contribution in [2.45, 2.75) is 64.3 Å². The predicted molar refractivity (Wildman–Crippen MR) is 148 cm³/mol. The number of nitrogens with zero attached hydrogens (tertiary/aromatic N) is 2. The first kappa shape index (κ1) is 29.7. The first-order chi connectivity index (χ1) is 19.6. The van der Waals surface area contributed by atoms with Crippen molar-refractivity contribution in [3.63, 3.8) is 0 Å². The van der Waals surface area contributed by atoms with E-state index in [9.17, 15) is 19.2 Å². The molecule has 2 aliphatic heterocycles. The number of nitrogens with one attached hydrogen (secondary N) is 3. The van der Waals surface area contributed by atoms with Crippen molar-refractivity contribution < 1.29 is 33.5 Å². The summed E-state index contributed by atoms with van der Waals surface area (Å²) in [7, 11) is 0. The van der Waals surface area contributed by atoms with E-state index in [1.54, 1.807) is 45.0 Å². The maximum atomic E-state index is 13.0. The van der Waals surface area contributed by atoms with Gasteiger partial charge >= 0.3 is 12.1 Å². The number of carbonyl (C=O) groups excluding carboxylic acids is 4. The van der Waals surface area contributed by atoms with Crippen LogP contribution in [0, 0.1) is 0 Å². The molecule has 0 unspecified atom stereocenters. The minimum atomic E-state index is -0.711. The number of hydroxylamine groups is 2. The molecule has 3 N–H and O–H groups in total. The highest BCUT2D eigenvalue weighted by Crippen LogP contribution is 2.30. The van der Waals surface area contributed by atoms with Crippen molar-refractivity contribution in [2.75, 3.05) is 19.7 Å². The number of hydrazine groups is 1. The molecule has 2 aromatic carbocycles. The summed E-state index contributed by atoms with van der Waals surface area (Å²) in [5.74, 6) is -0.431. The van der Waals surface area contributed by atoms with E-state index in [-0.39, 0.29) is 38.3 Å². The smallest absolute Gasteiger partial charge is 0.407 e. The number of piperidine rings is 1. The summed E-state index contributed by atoms with van der Waals surface area (Å²) in [6.45, 7) is 6.37. The molecular formula is C29H37N5O7. The molecule has 220 valence electrons. The number of carbonyl (C=O) groups is 4. The van der Waals surface area contributed by atoms with E-state index in [2.05, 4.69) is 16.2 Å². The number of amides is 5. The van der Waals surface area contributed by atoms with Crippen molar-refractivity contribution >= 4 is 23.9 Å². The Labute approximate surface area is 239 Å². The summed E-state index contributed by atoms with van der Waals surface area (Å²) in [5.41, 5.74) is 5.85. The predicted octanol–water partition coefficient (Wildman–Crippen LogP) is 2.68. The number of hydrogen-bond acceptors (Lipinski definition) is 7. The van der Waals surface area contributed by atoms with Crippen LogP contribution in [0.2, 0.25) is 0 Å². The summed E-state index contributed by atoms with van der Waals surface area (Å²) in [6, 6.07) is 15.4. The molecule has 2 bridgehead atoms. The maximum absolute atomic E-state index is 13.0. The molecule has 2 aromatic rings. The monoisotopic (exact) mass is 567 g/mol. The quantitative estimate of drug-likeness (QED) is 0.296. The minimum Gasteiger partial charge on any atom is -0.491 e. The van der Waals surface area contributed by atoms with Crippen LogP contribution in [0.3, 0.4) is 0 Å². The molecule has 0 spiro atoms. The van der Waals surface area contributed by atoms with Crippen molar-refractivity contribution in [3.8, 4) is 5.75 Å². The van der Waals surface area contributed by atoms with Gasteiger partial charge in [-0.1, -0.05) is 48.5 Å². The van der Waals surface area contributed by atoms with Gasteiger partial charge in [-0.25, -0.2) is 9.59 Å². The fourth-order valence-electron chi connectivity index (χ4n) is 4.64. The van der Waals surface area contributed by atoms with E-state index in [4.69, 9.17) is 14.3 Å². The fourth-order valence-corrected chi connectivity index (χ4v) is 4.64. The molecule has 2 heterocycles. The number of rotatable bonds is 10. The lowest BCUT2D eigenvalue weighted by atomic mass is 10.0. The number of fused-ring (bicyclic) bond motifs is 2. The Morgan fingerprint density at radius 1 is 0.976 bits per heavy atom. The molecule has 0 aliphatic carbocycles. The molecule has 0 radical (unpaired) electrons. The number of para-hydroxylation sites is 1. The van der Waals surface area contributed by atoms with Gasteiger partial charge in [-0.05, 0) is 45.2 Å². The number of ether oxygens (including phenoxy) is 2. The molecule has 0 saturated carbocycles. The van der Waals surface area contributed by atoms with Gasteiger partial charge in [0, 0.05) is 12.1 Å². The van der Waals surface area contributed by atoms with E-state index in [0.717, 1.165) is 5.56 Å². The van der Waals surface area contributed by atoms with Crippen LogP contribution in [0.25, 0.3) is 0 Å². The Morgan fingerprint density at radius 2 is 1.71 bits per heavy atom. The lowest BCUT2D eigenvalue weighted by Gasteiger charge is -2.29. The summed E-state index contributed by atoms with van der Waals surface area (Å²) in [5, 5.41) is 3.97. The average molecular weight is 568 g/mol. The van der Waals surface area contributed by atoms with Gasteiger partial charge in [0.25, 0.3) is 5.91 Å². The SMILES string of the molecule is CC(C)(C)OC(=O)NCCOc1ccccc1CC(=O)NNC(=O)[C@@H]1CC[C@@H]2CN1C(=O)N2OCc1ccccc1. The van der Waals surface area contributed by atoms with Crippen molar-refractivity contribution in [1.29, 1.82) is 0 Å². The second-order valence-corrected chi connectivity index (χ2v) is 10.9. The normalized spacial score (nSPS) is 18.1. The Kier molecular flexibility index (Phi) is 9.66. The van der Waals surface area contributed by atoms with E-state index in [1.807, 2.05) is 30.3 Å². The fraction of sp³-hybridized carbons (Fsp3) is 0.448.